The summed E-state index contributed by atoms with van der Waals surface area (Å²) in [6, 6.07) is 11.2. The van der Waals surface area contributed by atoms with Crippen LogP contribution in [0.3, 0.4) is 0 Å². The lowest BCUT2D eigenvalue weighted by atomic mass is 9.78. The molecule has 0 radical (unpaired) electrons. The average Bonchev–Trinajstić information content (AvgIpc) is 2.40. The van der Waals surface area contributed by atoms with Gasteiger partial charge in [-0.05, 0) is 5.56 Å². The number of carboxylic acid groups (broad SMARTS) is 1. The summed E-state index contributed by atoms with van der Waals surface area (Å²) in [6.45, 7) is 0.363. The third-order valence-electron chi connectivity index (χ3n) is 3.18. The van der Waals surface area contributed by atoms with Crippen LogP contribution in [-0.2, 0) is 16.1 Å². The molecule has 0 aromatic heterocycles. The molecule has 104 valence electrons. The first-order chi connectivity index (χ1) is 9.54. The van der Waals surface area contributed by atoms with Crippen molar-refractivity contribution in [3.05, 3.63) is 35.9 Å². The Hall–Kier alpha value is -2.55. The predicted octanol–water partition coefficient (Wildman–Crippen LogP) is 1.62. The molecule has 1 aromatic carbocycles. The van der Waals surface area contributed by atoms with Crippen LogP contribution < -0.4 is 0 Å². The fourth-order valence-corrected chi connectivity index (χ4v) is 2.14. The smallest absolute Gasteiger partial charge is 0.410 e. The molecule has 1 amide bonds. The standard InChI is InChI=1S/C14H14N2O4/c15-8-14(6-12(17)18)9-16(10-14)13(19)20-7-11-4-2-1-3-5-11/h1-5H,6-7,9-10H2,(H,17,18). The number of aliphatic carboxylic acids is 1. The summed E-state index contributed by atoms with van der Waals surface area (Å²) in [5.74, 6) is -1.04. The van der Waals surface area contributed by atoms with Crippen LogP contribution in [0, 0.1) is 16.7 Å². The average molecular weight is 274 g/mol. The molecule has 20 heavy (non-hydrogen) atoms. The van der Waals surface area contributed by atoms with Crippen LogP contribution in [0.15, 0.2) is 30.3 Å². The number of nitriles is 1. The maximum atomic E-state index is 11.7. The Kier molecular flexibility index (Phi) is 3.89. The van der Waals surface area contributed by atoms with Crippen LogP contribution in [-0.4, -0.2) is 35.2 Å². The molecule has 1 heterocycles. The summed E-state index contributed by atoms with van der Waals surface area (Å²) in [7, 11) is 0. The molecule has 2 rings (SSSR count). The second kappa shape index (κ2) is 5.61. The summed E-state index contributed by atoms with van der Waals surface area (Å²) in [5.41, 5.74) is -0.101. The third-order valence-corrected chi connectivity index (χ3v) is 3.18. The summed E-state index contributed by atoms with van der Waals surface area (Å²) in [5, 5.41) is 17.7. The van der Waals surface area contributed by atoms with E-state index in [0.717, 1.165) is 5.56 Å². The first kappa shape index (κ1) is 13.9. The van der Waals surface area contributed by atoms with E-state index in [1.807, 2.05) is 36.4 Å². The summed E-state index contributed by atoms with van der Waals surface area (Å²) >= 11 is 0. The SMILES string of the molecule is N#CC1(CC(=O)O)CN(C(=O)OCc2ccccc2)C1. The van der Waals surface area contributed by atoms with E-state index >= 15 is 0 Å². The van der Waals surface area contributed by atoms with Gasteiger partial charge in [-0.2, -0.15) is 5.26 Å². The minimum absolute atomic E-state index is 0.101. The minimum Gasteiger partial charge on any atom is -0.481 e. The molecule has 1 N–H and O–H groups in total. The van der Waals surface area contributed by atoms with Crippen molar-refractivity contribution in [2.75, 3.05) is 13.1 Å². The fraction of sp³-hybridized carbons (Fsp3) is 0.357. The zero-order valence-electron chi connectivity index (χ0n) is 10.8. The molecule has 6 nitrogen and oxygen atoms in total. The Morgan fingerprint density at radius 2 is 2.00 bits per heavy atom. The van der Waals surface area contributed by atoms with Crippen molar-refractivity contribution in [3.8, 4) is 6.07 Å². The van der Waals surface area contributed by atoms with Gasteiger partial charge in [0, 0.05) is 13.1 Å². The quantitative estimate of drug-likeness (QED) is 0.901. The lowest BCUT2D eigenvalue weighted by Gasteiger charge is -2.43. The van der Waals surface area contributed by atoms with Gasteiger partial charge in [0.15, 0.2) is 0 Å². The first-order valence-electron chi connectivity index (χ1n) is 6.13. The maximum absolute atomic E-state index is 11.7. The summed E-state index contributed by atoms with van der Waals surface area (Å²) in [4.78, 5) is 23.7. The molecule has 0 unspecified atom stereocenters. The number of carbonyl (C=O) groups excluding carboxylic acids is 1. The van der Waals surface area contributed by atoms with Crippen molar-refractivity contribution >= 4 is 12.1 Å². The molecule has 0 spiro atoms. The van der Waals surface area contributed by atoms with Crippen molar-refractivity contribution in [1.29, 1.82) is 5.26 Å². The lowest BCUT2D eigenvalue weighted by Crippen LogP contribution is -2.58. The topological polar surface area (TPSA) is 90.6 Å². The second-order valence-corrected chi connectivity index (χ2v) is 4.86. The summed E-state index contributed by atoms with van der Waals surface area (Å²) < 4.78 is 5.10. The Balaban J connectivity index is 1.82. The number of amides is 1. The fourth-order valence-electron chi connectivity index (χ4n) is 2.14. The number of hydrogen-bond acceptors (Lipinski definition) is 4. The van der Waals surface area contributed by atoms with E-state index in [0.29, 0.717) is 0 Å². The van der Waals surface area contributed by atoms with E-state index in [4.69, 9.17) is 15.1 Å². The number of hydrogen-bond donors (Lipinski definition) is 1. The molecule has 1 fully saturated rings. The van der Waals surface area contributed by atoms with Gasteiger partial charge >= 0.3 is 12.1 Å². The highest BCUT2D eigenvalue weighted by Crippen LogP contribution is 2.33. The highest BCUT2D eigenvalue weighted by molar-refractivity contribution is 5.72. The van der Waals surface area contributed by atoms with Gasteiger partial charge in [0.2, 0.25) is 0 Å². The number of likely N-dealkylation sites (tertiary alicyclic amines) is 1. The van der Waals surface area contributed by atoms with E-state index in [1.54, 1.807) is 0 Å². The van der Waals surface area contributed by atoms with Gasteiger partial charge in [0.25, 0.3) is 0 Å². The van der Waals surface area contributed by atoms with Crippen LogP contribution in [0.4, 0.5) is 4.79 Å². The Morgan fingerprint density at radius 1 is 1.35 bits per heavy atom. The van der Waals surface area contributed by atoms with E-state index in [9.17, 15) is 9.59 Å². The maximum Gasteiger partial charge on any atom is 0.410 e. The zero-order valence-corrected chi connectivity index (χ0v) is 10.8. The predicted molar refractivity (Wildman–Crippen MR) is 68.5 cm³/mol. The van der Waals surface area contributed by atoms with Gasteiger partial charge in [-0.1, -0.05) is 30.3 Å². The van der Waals surface area contributed by atoms with Crippen LogP contribution in [0.2, 0.25) is 0 Å². The lowest BCUT2D eigenvalue weighted by molar-refractivity contribution is -0.141. The normalized spacial score (nSPS) is 15.8. The van der Waals surface area contributed by atoms with Gasteiger partial charge in [-0.25, -0.2) is 4.79 Å². The van der Waals surface area contributed by atoms with Gasteiger partial charge in [-0.15, -0.1) is 0 Å². The van der Waals surface area contributed by atoms with Gasteiger partial charge in [0.05, 0.1) is 12.5 Å². The Morgan fingerprint density at radius 3 is 2.55 bits per heavy atom. The van der Waals surface area contributed by atoms with Crippen LogP contribution in [0.25, 0.3) is 0 Å². The molecular weight excluding hydrogens is 260 g/mol. The molecule has 0 aliphatic carbocycles. The monoisotopic (exact) mass is 274 g/mol. The molecule has 6 heteroatoms. The largest absolute Gasteiger partial charge is 0.481 e. The van der Waals surface area contributed by atoms with Gasteiger partial charge in [-0.3, -0.25) is 4.79 Å². The molecule has 0 atom stereocenters. The van der Waals surface area contributed by atoms with Gasteiger partial charge in [0.1, 0.15) is 12.0 Å². The van der Waals surface area contributed by atoms with Crippen LogP contribution in [0.1, 0.15) is 12.0 Å². The van der Waals surface area contributed by atoms with Gasteiger partial charge < -0.3 is 14.7 Å². The first-order valence-corrected chi connectivity index (χ1v) is 6.13. The highest BCUT2D eigenvalue weighted by Gasteiger charge is 2.47. The molecule has 1 saturated heterocycles. The highest BCUT2D eigenvalue weighted by atomic mass is 16.6. The Labute approximate surface area is 116 Å². The van der Waals surface area contributed by atoms with Crippen molar-refractivity contribution in [2.45, 2.75) is 13.0 Å². The van der Waals surface area contributed by atoms with E-state index in [1.165, 1.54) is 4.90 Å². The zero-order chi connectivity index (χ0) is 14.6. The van der Waals surface area contributed by atoms with Crippen molar-refractivity contribution in [2.24, 2.45) is 5.41 Å². The number of benzene rings is 1. The summed E-state index contributed by atoms with van der Waals surface area (Å²) in [6.07, 6.45) is -0.781. The number of nitrogens with zero attached hydrogens (tertiary/aromatic N) is 2. The molecule has 0 bridgehead atoms. The van der Waals surface area contributed by atoms with E-state index in [-0.39, 0.29) is 26.1 Å². The number of ether oxygens (including phenoxy) is 1. The van der Waals surface area contributed by atoms with E-state index in [2.05, 4.69) is 0 Å². The number of rotatable bonds is 4. The second-order valence-electron chi connectivity index (χ2n) is 4.86. The molecule has 1 aliphatic rings. The molecular formula is C14H14N2O4. The van der Waals surface area contributed by atoms with Crippen molar-refractivity contribution in [3.63, 3.8) is 0 Å². The molecule has 0 saturated carbocycles. The van der Waals surface area contributed by atoms with Crippen LogP contribution >= 0.6 is 0 Å². The van der Waals surface area contributed by atoms with Crippen molar-refractivity contribution < 1.29 is 19.4 Å². The Bertz CT molecular complexity index is 544. The molecule has 1 aromatic rings. The van der Waals surface area contributed by atoms with E-state index < -0.39 is 17.5 Å². The number of carbonyl (C=O) groups is 2. The van der Waals surface area contributed by atoms with Crippen LogP contribution in [0.5, 0.6) is 0 Å². The van der Waals surface area contributed by atoms with Crippen molar-refractivity contribution in [1.82, 2.24) is 4.90 Å². The minimum atomic E-state index is -1.04. The molecule has 1 aliphatic heterocycles. The third kappa shape index (κ3) is 3.06. The number of carboxylic acids is 1.